The maximum atomic E-state index is 12.9. The molecule has 2 unspecified atom stereocenters. The van der Waals surface area contributed by atoms with Gasteiger partial charge in [-0.1, -0.05) is 66.5 Å². The van der Waals surface area contributed by atoms with Crippen LogP contribution in [-0.4, -0.2) is 39.4 Å². The Kier molecular flexibility index (Phi) is 6.68. The number of alkyl halides is 1. The van der Waals surface area contributed by atoms with Crippen LogP contribution in [-0.2, 0) is 15.6 Å². The molecule has 142 valence electrons. The van der Waals surface area contributed by atoms with E-state index in [1.807, 2.05) is 49.4 Å². The zero-order valence-electron chi connectivity index (χ0n) is 14.9. The number of amides is 1. The maximum absolute atomic E-state index is 12.9. The van der Waals surface area contributed by atoms with Crippen molar-refractivity contribution < 1.29 is 9.00 Å². The van der Waals surface area contributed by atoms with Crippen molar-refractivity contribution >= 4 is 51.3 Å². The van der Waals surface area contributed by atoms with Gasteiger partial charge >= 0.3 is 0 Å². The van der Waals surface area contributed by atoms with Gasteiger partial charge in [0.1, 0.15) is 0 Å². The highest BCUT2D eigenvalue weighted by atomic mass is 35.5. The van der Waals surface area contributed by atoms with Gasteiger partial charge in [0.2, 0.25) is 5.50 Å². The molecule has 0 aliphatic carbocycles. The highest BCUT2D eigenvalue weighted by Gasteiger charge is 2.31. The summed E-state index contributed by atoms with van der Waals surface area (Å²) in [4.78, 5) is 19.0. The number of hydrogen-bond donors (Lipinski definition) is 0. The largest absolute Gasteiger partial charge is 0.308 e. The lowest BCUT2D eigenvalue weighted by atomic mass is 10.00. The lowest BCUT2D eigenvalue weighted by Crippen LogP contribution is -2.38. The van der Waals surface area contributed by atoms with Gasteiger partial charge in [-0.15, -0.1) is 0 Å². The van der Waals surface area contributed by atoms with Crippen LogP contribution in [0.3, 0.4) is 0 Å². The molecule has 1 aliphatic rings. The van der Waals surface area contributed by atoms with Gasteiger partial charge in [-0.25, -0.2) is 0 Å². The first-order valence-corrected chi connectivity index (χ1v) is 11.1. The number of benzodiazepines with no additional fused rings is 1. The summed E-state index contributed by atoms with van der Waals surface area (Å²) in [6.07, 6.45) is 0.842. The van der Waals surface area contributed by atoms with E-state index in [0.717, 1.165) is 17.5 Å². The van der Waals surface area contributed by atoms with Gasteiger partial charge in [0.25, 0.3) is 5.91 Å². The molecule has 1 amide bonds. The summed E-state index contributed by atoms with van der Waals surface area (Å²) in [5, 5.41) is 0.542. The molecule has 1 heterocycles. The third kappa shape index (κ3) is 4.42. The average Bonchev–Trinajstić information content (AvgIpc) is 2.76. The van der Waals surface area contributed by atoms with Gasteiger partial charge in [0.15, 0.2) is 0 Å². The van der Waals surface area contributed by atoms with Crippen molar-refractivity contribution in [1.82, 2.24) is 0 Å². The smallest absolute Gasteiger partial charge is 0.267 e. The summed E-state index contributed by atoms with van der Waals surface area (Å²) >= 11 is 12.7. The average molecular weight is 423 g/mol. The van der Waals surface area contributed by atoms with Gasteiger partial charge in [-0.05, 0) is 18.6 Å². The number of halogens is 2. The van der Waals surface area contributed by atoms with E-state index in [9.17, 15) is 9.00 Å². The second-order valence-corrected chi connectivity index (χ2v) is 8.67. The molecule has 0 bridgehead atoms. The van der Waals surface area contributed by atoms with Crippen LogP contribution in [0.4, 0.5) is 5.69 Å². The molecule has 7 heteroatoms. The monoisotopic (exact) mass is 422 g/mol. The zero-order valence-corrected chi connectivity index (χ0v) is 17.2. The molecule has 0 saturated heterocycles. The minimum Gasteiger partial charge on any atom is -0.308 e. The van der Waals surface area contributed by atoms with Crippen LogP contribution in [0.15, 0.2) is 53.5 Å². The molecule has 2 atom stereocenters. The molecular weight excluding hydrogens is 403 g/mol. The lowest BCUT2D eigenvalue weighted by Gasteiger charge is -2.23. The van der Waals surface area contributed by atoms with E-state index in [1.165, 1.54) is 0 Å². The summed E-state index contributed by atoms with van der Waals surface area (Å²) in [6, 6.07) is 14.9. The van der Waals surface area contributed by atoms with Crippen molar-refractivity contribution in [3.8, 4) is 0 Å². The fourth-order valence-electron chi connectivity index (χ4n) is 3.02. The normalized spacial score (nSPS) is 17.9. The molecule has 0 radical (unpaired) electrons. The number of benzene rings is 2. The zero-order chi connectivity index (χ0) is 19.4. The van der Waals surface area contributed by atoms with Crippen molar-refractivity contribution in [2.75, 3.05) is 23.0 Å². The van der Waals surface area contributed by atoms with E-state index in [4.69, 9.17) is 23.2 Å². The lowest BCUT2D eigenvalue weighted by molar-refractivity contribution is -0.118. The minimum atomic E-state index is -1.07. The molecular formula is C20H20Cl2N2O2S. The van der Waals surface area contributed by atoms with E-state index in [2.05, 4.69) is 4.99 Å². The molecule has 27 heavy (non-hydrogen) atoms. The fraction of sp³-hybridized carbons (Fsp3) is 0.300. The van der Waals surface area contributed by atoms with Gasteiger partial charge in [0.05, 0.1) is 11.4 Å². The Morgan fingerprint density at radius 3 is 2.44 bits per heavy atom. The molecule has 0 N–H and O–H groups in total. The molecule has 0 spiro atoms. The Bertz CT molecular complexity index is 901. The molecule has 0 fully saturated rings. The predicted molar refractivity (Wildman–Crippen MR) is 114 cm³/mol. The van der Waals surface area contributed by atoms with Gasteiger partial charge < -0.3 is 4.90 Å². The number of rotatable bonds is 6. The number of hydrogen-bond acceptors (Lipinski definition) is 3. The maximum Gasteiger partial charge on any atom is 0.267 e. The fourth-order valence-corrected chi connectivity index (χ4v) is 4.50. The first kappa shape index (κ1) is 20.1. The van der Waals surface area contributed by atoms with Crippen LogP contribution in [0.5, 0.6) is 0 Å². The Hall–Kier alpha value is -1.69. The Balaban J connectivity index is 2.04. The molecule has 2 aromatic carbocycles. The van der Waals surface area contributed by atoms with Crippen LogP contribution in [0, 0.1) is 0 Å². The van der Waals surface area contributed by atoms with E-state index in [1.54, 1.807) is 11.0 Å². The summed E-state index contributed by atoms with van der Waals surface area (Å²) in [7, 11) is -0.974. The summed E-state index contributed by atoms with van der Waals surface area (Å²) < 4.78 is 12.1. The Labute approximate surface area is 171 Å². The molecule has 0 aromatic heterocycles. The van der Waals surface area contributed by atoms with Gasteiger partial charge in [-0.3, -0.25) is 14.0 Å². The predicted octanol–water partition coefficient (Wildman–Crippen LogP) is 4.25. The number of para-hydroxylation sites is 1. The molecule has 4 nitrogen and oxygen atoms in total. The van der Waals surface area contributed by atoms with E-state index in [-0.39, 0.29) is 5.91 Å². The molecule has 1 aliphatic heterocycles. The standard InChI is InChI=1S/C20H20Cl2N2O2S/c1-2-12-27(26)13-11-24-17-10-6-4-8-15(17)18(23-19(22)20(24)25)14-7-3-5-9-16(14)21/h3-10,19H,2,11-13H2,1H3. The number of nitrogens with zero attached hydrogens (tertiary/aromatic N) is 2. The number of fused-ring (bicyclic) bond motifs is 1. The SMILES string of the molecule is CCCS(=O)CCN1C(=O)C(Cl)N=C(c2ccccc2Cl)c2ccccc21. The summed E-state index contributed by atoms with van der Waals surface area (Å²) in [5.74, 6) is 0.702. The van der Waals surface area contributed by atoms with Crippen molar-refractivity contribution in [1.29, 1.82) is 0 Å². The van der Waals surface area contributed by atoms with Gasteiger partial charge in [-0.2, -0.15) is 0 Å². The van der Waals surface area contributed by atoms with Crippen LogP contribution in [0.2, 0.25) is 5.02 Å². The third-order valence-electron chi connectivity index (χ3n) is 4.27. The second-order valence-electron chi connectivity index (χ2n) is 6.15. The van der Waals surface area contributed by atoms with Crippen LogP contribution in [0.1, 0.15) is 24.5 Å². The Morgan fingerprint density at radius 1 is 1.07 bits per heavy atom. The summed E-state index contributed by atoms with van der Waals surface area (Å²) in [5.41, 5.74) is 1.73. The van der Waals surface area contributed by atoms with E-state index in [0.29, 0.717) is 34.5 Å². The minimum absolute atomic E-state index is 0.320. The van der Waals surface area contributed by atoms with Crippen LogP contribution in [0.25, 0.3) is 0 Å². The topological polar surface area (TPSA) is 49.7 Å². The van der Waals surface area contributed by atoms with Gasteiger partial charge in [0, 0.05) is 45.0 Å². The first-order valence-electron chi connectivity index (χ1n) is 8.75. The third-order valence-corrected chi connectivity index (χ3v) is 6.38. The second kappa shape index (κ2) is 9.00. The highest BCUT2D eigenvalue weighted by molar-refractivity contribution is 7.85. The number of carbonyl (C=O) groups excluding carboxylic acids is 1. The Morgan fingerprint density at radius 2 is 1.74 bits per heavy atom. The van der Waals surface area contributed by atoms with Crippen molar-refractivity contribution in [2.45, 2.75) is 18.8 Å². The first-order chi connectivity index (χ1) is 13.0. The van der Waals surface area contributed by atoms with E-state index >= 15 is 0 Å². The number of aliphatic imine (C=N–C) groups is 1. The molecule has 3 rings (SSSR count). The quantitative estimate of drug-likeness (QED) is 0.515. The number of carbonyl (C=O) groups is 1. The molecule has 2 aromatic rings. The summed E-state index contributed by atoms with van der Waals surface area (Å²) in [6.45, 7) is 2.32. The molecule has 0 saturated carbocycles. The van der Waals surface area contributed by atoms with Crippen molar-refractivity contribution in [3.05, 3.63) is 64.7 Å². The van der Waals surface area contributed by atoms with Crippen LogP contribution < -0.4 is 4.90 Å². The number of anilines is 1. The highest BCUT2D eigenvalue weighted by Crippen LogP contribution is 2.31. The van der Waals surface area contributed by atoms with Crippen molar-refractivity contribution in [3.63, 3.8) is 0 Å². The van der Waals surface area contributed by atoms with Crippen LogP contribution >= 0.6 is 23.2 Å². The van der Waals surface area contributed by atoms with Crippen molar-refractivity contribution in [2.24, 2.45) is 4.99 Å². The van der Waals surface area contributed by atoms with E-state index < -0.39 is 16.3 Å².